The van der Waals surface area contributed by atoms with Crippen LogP contribution in [0.1, 0.15) is 33.6 Å². The molecule has 1 unspecified atom stereocenters. The van der Waals surface area contributed by atoms with Crippen LogP contribution in [0.3, 0.4) is 0 Å². The lowest BCUT2D eigenvalue weighted by Crippen LogP contribution is -2.43. The van der Waals surface area contributed by atoms with Gasteiger partial charge in [0.15, 0.2) is 5.96 Å². The van der Waals surface area contributed by atoms with Crippen LogP contribution in [0.5, 0.6) is 0 Å². The average Bonchev–Trinajstić information content (AvgIpc) is 2.14. The second kappa shape index (κ2) is 7.62. The molecule has 0 aromatic carbocycles. The lowest BCUT2D eigenvalue weighted by Gasteiger charge is -2.21. The number of aliphatic imine (C=N–C) groups is 1. The second-order valence-corrected chi connectivity index (χ2v) is 3.77. The van der Waals surface area contributed by atoms with E-state index in [1.54, 1.807) is 0 Å². The first-order chi connectivity index (χ1) is 6.61. The molecule has 4 nitrogen and oxygen atoms in total. The predicted molar refractivity (Wildman–Crippen MR) is 60.2 cm³/mol. The lowest BCUT2D eigenvalue weighted by molar-refractivity contribution is 0.254. The maximum absolute atomic E-state index is 8.85. The first-order valence-electron chi connectivity index (χ1n) is 5.29. The highest BCUT2D eigenvalue weighted by atomic mass is 16.3. The van der Waals surface area contributed by atoms with Crippen LogP contribution in [0.15, 0.2) is 4.99 Å². The molecule has 0 aliphatic heterocycles. The van der Waals surface area contributed by atoms with Crippen molar-refractivity contribution in [3.05, 3.63) is 0 Å². The molecule has 84 valence electrons. The van der Waals surface area contributed by atoms with Crippen molar-refractivity contribution in [2.45, 2.75) is 39.7 Å². The monoisotopic (exact) mass is 201 g/mol. The normalized spacial score (nSPS) is 14.5. The number of nitrogens with one attached hydrogen (secondary N) is 1. The van der Waals surface area contributed by atoms with Gasteiger partial charge in [-0.15, -0.1) is 0 Å². The van der Waals surface area contributed by atoms with Crippen LogP contribution in [0.4, 0.5) is 0 Å². The van der Waals surface area contributed by atoms with E-state index in [9.17, 15) is 0 Å². The molecule has 0 aromatic rings. The van der Waals surface area contributed by atoms with Gasteiger partial charge in [-0.2, -0.15) is 0 Å². The van der Waals surface area contributed by atoms with Crippen molar-refractivity contribution in [1.29, 1.82) is 0 Å². The Labute approximate surface area is 86.6 Å². The molecule has 0 aliphatic rings. The van der Waals surface area contributed by atoms with Crippen LogP contribution in [-0.2, 0) is 0 Å². The Balaban J connectivity index is 4.01. The predicted octanol–water partition coefficient (Wildman–Crippen LogP) is 0.708. The number of guanidine groups is 1. The van der Waals surface area contributed by atoms with Crippen LogP contribution >= 0.6 is 0 Å². The van der Waals surface area contributed by atoms with Crippen LogP contribution in [0, 0.1) is 5.92 Å². The molecule has 0 saturated carbocycles. The zero-order valence-electron chi connectivity index (χ0n) is 9.45. The zero-order chi connectivity index (χ0) is 11.0. The lowest BCUT2D eigenvalue weighted by atomic mass is 10.0. The minimum Gasteiger partial charge on any atom is -0.396 e. The van der Waals surface area contributed by atoms with Gasteiger partial charge >= 0.3 is 0 Å². The quantitative estimate of drug-likeness (QED) is 0.438. The summed E-state index contributed by atoms with van der Waals surface area (Å²) < 4.78 is 0. The first kappa shape index (κ1) is 13.2. The van der Waals surface area contributed by atoms with E-state index in [4.69, 9.17) is 10.8 Å². The number of nitrogens with two attached hydrogens (primary N) is 1. The summed E-state index contributed by atoms with van der Waals surface area (Å²) in [6, 6.07) is 0.209. The molecule has 0 bridgehead atoms. The molecule has 0 rings (SSSR count). The van der Waals surface area contributed by atoms with Crippen molar-refractivity contribution in [2.75, 3.05) is 13.2 Å². The number of aliphatic hydroxyl groups is 1. The average molecular weight is 201 g/mol. The Hall–Kier alpha value is -0.770. The van der Waals surface area contributed by atoms with Crippen molar-refractivity contribution < 1.29 is 5.11 Å². The third kappa shape index (κ3) is 5.80. The van der Waals surface area contributed by atoms with Crippen molar-refractivity contribution in [1.82, 2.24) is 5.32 Å². The molecule has 14 heavy (non-hydrogen) atoms. The summed E-state index contributed by atoms with van der Waals surface area (Å²) in [6.07, 6.45) is 1.70. The molecule has 0 aromatic heterocycles. The van der Waals surface area contributed by atoms with E-state index in [0.717, 1.165) is 13.0 Å². The minimum absolute atomic E-state index is 0.177. The van der Waals surface area contributed by atoms with Crippen molar-refractivity contribution >= 4 is 5.96 Å². The first-order valence-corrected chi connectivity index (χ1v) is 5.29. The van der Waals surface area contributed by atoms with E-state index in [2.05, 4.69) is 31.1 Å². The number of aliphatic hydroxyl groups excluding tert-OH is 1. The highest BCUT2D eigenvalue weighted by Gasteiger charge is 2.12. The van der Waals surface area contributed by atoms with E-state index in [0.29, 0.717) is 18.3 Å². The van der Waals surface area contributed by atoms with E-state index < -0.39 is 0 Å². The Kier molecular flexibility index (Phi) is 7.20. The van der Waals surface area contributed by atoms with E-state index in [1.807, 2.05) is 0 Å². The zero-order valence-corrected chi connectivity index (χ0v) is 9.45. The molecule has 4 N–H and O–H groups in total. The third-order valence-electron chi connectivity index (χ3n) is 2.08. The summed E-state index contributed by atoms with van der Waals surface area (Å²) in [5, 5.41) is 12.0. The molecular formula is C10H23N3O. The maximum Gasteiger partial charge on any atom is 0.188 e. The van der Waals surface area contributed by atoms with Gasteiger partial charge in [0.25, 0.3) is 0 Å². The van der Waals surface area contributed by atoms with Gasteiger partial charge in [0.2, 0.25) is 0 Å². The molecule has 0 spiro atoms. The SMILES string of the molecule is CCCN=C(N)NC(CCO)C(C)C. The van der Waals surface area contributed by atoms with Crippen LogP contribution in [0.25, 0.3) is 0 Å². The smallest absolute Gasteiger partial charge is 0.188 e. The fourth-order valence-corrected chi connectivity index (χ4v) is 1.18. The number of hydrogen-bond donors (Lipinski definition) is 3. The summed E-state index contributed by atoms with van der Waals surface area (Å²) in [7, 11) is 0. The Morgan fingerprint density at radius 1 is 1.50 bits per heavy atom. The largest absolute Gasteiger partial charge is 0.396 e. The highest BCUT2D eigenvalue weighted by Crippen LogP contribution is 2.04. The number of nitrogens with zero attached hydrogens (tertiary/aromatic N) is 1. The topological polar surface area (TPSA) is 70.6 Å². The summed E-state index contributed by atoms with van der Waals surface area (Å²) >= 11 is 0. The van der Waals surface area contributed by atoms with E-state index in [1.165, 1.54) is 0 Å². The fourth-order valence-electron chi connectivity index (χ4n) is 1.18. The van der Waals surface area contributed by atoms with Gasteiger partial charge in [-0.05, 0) is 18.8 Å². The molecular weight excluding hydrogens is 178 g/mol. The van der Waals surface area contributed by atoms with Gasteiger partial charge in [-0.3, -0.25) is 4.99 Å². The molecule has 0 radical (unpaired) electrons. The van der Waals surface area contributed by atoms with Crippen LogP contribution in [-0.4, -0.2) is 30.3 Å². The molecule has 0 aliphatic carbocycles. The van der Waals surface area contributed by atoms with Crippen molar-refractivity contribution in [2.24, 2.45) is 16.6 Å². The standard InChI is InChI=1S/C10H23N3O/c1-4-6-12-10(11)13-9(5-7-14)8(2)3/h8-9,14H,4-7H2,1-3H3,(H3,11,12,13). The highest BCUT2D eigenvalue weighted by molar-refractivity contribution is 5.78. The third-order valence-corrected chi connectivity index (χ3v) is 2.08. The summed E-state index contributed by atoms with van der Waals surface area (Å²) in [4.78, 5) is 4.15. The van der Waals surface area contributed by atoms with Gasteiger partial charge in [0.1, 0.15) is 0 Å². The summed E-state index contributed by atoms with van der Waals surface area (Å²) in [5.74, 6) is 0.927. The van der Waals surface area contributed by atoms with Crippen LogP contribution in [0.2, 0.25) is 0 Å². The van der Waals surface area contributed by atoms with Crippen LogP contribution < -0.4 is 11.1 Å². The Morgan fingerprint density at radius 2 is 2.14 bits per heavy atom. The van der Waals surface area contributed by atoms with Gasteiger partial charge < -0.3 is 16.2 Å². The van der Waals surface area contributed by atoms with Gasteiger partial charge in [-0.25, -0.2) is 0 Å². The summed E-state index contributed by atoms with van der Waals surface area (Å²) in [6.45, 7) is 7.19. The maximum atomic E-state index is 8.85. The van der Waals surface area contributed by atoms with Crippen molar-refractivity contribution in [3.63, 3.8) is 0 Å². The van der Waals surface area contributed by atoms with E-state index >= 15 is 0 Å². The minimum atomic E-state index is 0.177. The fraction of sp³-hybridized carbons (Fsp3) is 0.900. The second-order valence-electron chi connectivity index (χ2n) is 3.77. The molecule has 4 heteroatoms. The van der Waals surface area contributed by atoms with Gasteiger partial charge in [0, 0.05) is 19.2 Å². The van der Waals surface area contributed by atoms with Gasteiger partial charge in [0.05, 0.1) is 0 Å². The van der Waals surface area contributed by atoms with Gasteiger partial charge in [-0.1, -0.05) is 20.8 Å². The number of rotatable bonds is 6. The van der Waals surface area contributed by atoms with Crippen molar-refractivity contribution in [3.8, 4) is 0 Å². The Bertz CT molecular complexity index is 169. The van der Waals surface area contributed by atoms with E-state index in [-0.39, 0.29) is 12.6 Å². The molecule has 1 atom stereocenters. The molecule has 0 amide bonds. The summed E-state index contributed by atoms with van der Waals surface area (Å²) in [5.41, 5.74) is 5.69. The molecule has 0 heterocycles. The number of hydrogen-bond acceptors (Lipinski definition) is 2. The molecule has 0 fully saturated rings. The Morgan fingerprint density at radius 3 is 2.57 bits per heavy atom. The molecule has 0 saturated heterocycles.